The molecule has 0 aliphatic heterocycles. The molecule has 0 amide bonds. The lowest BCUT2D eigenvalue weighted by Crippen LogP contribution is -2.20. The summed E-state index contributed by atoms with van der Waals surface area (Å²) in [5, 5.41) is 11.2. The largest absolute Gasteiger partial charge is 0.185 e. The van der Waals surface area contributed by atoms with Crippen LogP contribution >= 0.6 is 34.4 Å². The van der Waals surface area contributed by atoms with Crippen LogP contribution in [0.4, 0.5) is 0 Å². The first-order valence-electron chi connectivity index (χ1n) is 3.53. The van der Waals surface area contributed by atoms with Crippen molar-refractivity contribution in [2.45, 2.75) is 34.9 Å². The van der Waals surface area contributed by atoms with E-state index in [9.17, 15) is 0 Å². The maximum atomic E-state index is 8.45. The zero-order valence-corrected chi connectivity index (χ0v) is 8.69. The lowest BCUT2D eigenvalue weighted by atomic mass is 10.0. The average Bonchev–Trinajstić information content (AvgIpc) is 1.94. The molecule has 0 heterocycles. The van der Waals surface area contributed by atoms with E-state index in [-0.39, 0.29) is 0 Å². The van der Waals surface area contributed by atoms with Gasteiger partial charge in [0.15, 0.2) is 0 Å². The van der Waals surface area contributed by atoms with Gasteiger partial charge < -0.3 is 0 Å². The van der Waals surface area contributed by atoms with E-state index in [1.807, 2.05) is 0 Å². The molecule has 3 heteroatoms. The fourth-order valence-electron chi connectivity index (χ4n) is 1.25. The molecule has 0 aromatic carbocycles. The minimum absolute atomic E-state index is 0.611. The van der Waals surface area contributed by atoms with Gasteiger partial charge in [-0.3, -0.25) is 0 Å². The number of thioether (sulfide) groups is 1. The molecule has 1 saturated carbocycles. The first kappa shape index (κ1) is 8.66. The van der Waals surface area contributed by atoms with Crippen LogP contribution in [0.5, 0.6) is 0 Å². The molecule has 1 aliphatic rings. The van der Waals surface area contributed by atoms with Gasteiger partial charge >= 0.3 is 0 Å². The van der Waals surface area contributed by atoms with Crippen molar-refractivity contribution in [3.8, 4) is 5.40 Å². The van der Waals surface area contributed by atoms with Gasteiger partial charge in [0.05, 0.1) is 0 Å². The normalized spacial score (nSPS) is 33.2. The molecule has 0 bridgehead atoms. The highest BCUT2D eigenvalue weighted by Gasteiger charge is 2.22. The van der Waals surface area contributed by atoms with E-state index in [1.54, 1.807) is 0 Å². The molecule has 0 N–H and O–H groups in total. The fraction of sp³-hybridized carbons (Fsp3) is 0.857. The summed E-state index contributed by atoms with van der Waals surface area (Å²) in [6, 6.07) is 0. The van der Waals surface area contributed by atoms with Crippen LogP contribution in [0.3, 0.4) is 0 Å². The van der Waals surface area contributed by atoms with Crippen molar-refractivity contribution in [1.82, 2.24) is 0 Å². The number of rotatable bonds is 1. The van der Waals surface area contributed by atoms with Gasteiger partial charge in [-0.05, 0) is 24.6 Å². The maximum absolute atomic E-state index is 8.45. The molecular weight excluding hydrogens is 257 g/mol. The molecule has 0 aromatic rings. The topological polar surface area (TPSA) is 23.8 Å². The van der Waals surface area contributed by atoms with Crippen molar-refractivity contribution >= 4 is 34.4 Å². The minimum Gasteiger partial charge on any atom is -0.185 e. The molecule has 2 atom stereocenters. The number of alkyl halides is 1. The van der Waals surface area contributed by atoms with Crippen LogP contribution in [0.15, 0.2) is 0 Å². The summed E-state index contributed by atoms with van der Waals surface area (Å²) >= 11 is 3.93. The second-order valence-corrected chi connectivity index (χ2v) is 5.17. The first-order chi connectivity index (χ1) is 4.84. The Bertz CT molecular complexity index is 143. The second kappa shape index (κ2) is 4.45. The number of hydrogen-bond donors (Lipinski definition) is 0. The van der Waals surface area contributed by atoms with Gasteiger partial charge in [0.2, 0.25) is 0 Å². The highest BCUT2D eigenvalue weighted by molar-refractivity contribution is 14.1. The Labute approximate surface area is 79.7 Å². The Kier molecular flexibility index (Phi) is 3.85. The second-order valence-electron chi connectivity index (χ2n) is 2.55. The van der Waals surface area contributed by atoms with Gasteiger partial charge in [-0.1, -0.05) is 35.4 Å². The third kappa shape index (κ3) is 2.31. The summed E-state index contributed by atoms with van der Waals surface area (Å²) in [5.74, 6) is 0. The van der Waals surface area contributed by atoms with E-state index in [0.29, 0.717) is 5.25 Å². The Morgan fingerprint density at radius 3 is 2.70 bits per heavy atom. The van der Waals surface area contributed by atoms with Crippen molar-refractivity contribution < 1.29 is 0 Å². The molecule has 1 aliphatic carbocycles. The summed E-state index contributed by atoms with van der Waals surface area (Å²) in [6.45, 7) is 0. The van der Waals surface area contributed by atoms with Crippen LogP contribution in [-0.2, 0) is 0 Å². The van der Waals surface area contributed by atoms with Gasteiger partial charge in [0.1, 0.15) is 5.40 Å². The summed E-state index contributed by atoms with van der Waals surface area (Å²) in [5.41, 5.74) is 0. The first-order valence-corrected chi connectivity index (χ1v) is 5.66. The number of thiocyanates is 1. The molecule has 56 valence electrons. The third-order valence-corrected chi connectivity index (χ3v) is 4.78. The molecular formula is C7H10INS. The standard InChI is InChI=1S/C7H10INS/c8-6-3-1-2-4-7(6)10-5-9/h6-7H,1-4H2. The van der Waals surface area contributed by atoms with E-state index < -0.39 is 0 Å². The van der Waals surface area contributed by atoms with Crippen molar-refractivity contribution in [3.05, 3.63) is 0 Å². The highest BCUT2D eigenvalue weighted by Crippen LogP contribution is 2.32. The number of nitriles is 1. The summed E-state index contributed by atoms with van der Waals surface area (Å²) < 4.78 is 0.732. The third-order valence-electron chi connectivity index (χ3n) is 1.83. The SMILES string of the molecule is N#CSC1CCCCC1I. The Balaban J connectivity index is 2.34. The van der Waals surface area contributed by atoms with Gasteiger partial charge in [0, 0.05) is 9.17 Å². The molecule has 1 rings (SSSR count). The molecule has 0 aromatic heterocycles. The summed E-state index contributed by atoms with van der Waals surface area (Å²) in [7, 11) is 0. The minimum atomic E-state index is 0.611. The zero-order chi connectivity index (χ0) is 7.40. The van der Waals surface area contributed by atoms with E-state index in [0.717, 1.165) is 3.92 Å². The van der Waals surface area contributed by atoms with Gasteiger partial charge in [-0.25, -0.2) is 0 Å². The lowest BCUT2D eigenvalue weighted by Gasteiger charge is -2.23. The van der Waals surface area contributed by atoms with Crippen molar-refractivity contribution in [2.75, 3.05) is 0 Å². The van der Waals surface area contributed by atoms with Gasteiger partial charge in [-0.15, -0.1) is 0 Å². The Morgan fingerprint density at radius 1 is 1.40 bits per heavy atom. The predicted octanol–water partition coefficient (Wildman–Crippen LogP) is 2.95. The molecule has 1 nitrogen and oxygen atoms in total. The molecule has 2 unspecified atom stereocenters. The van der Waals surface area contributed by atoms with Gasteiger partial charge in [0.25, 0.3) is 0 Å². The van der Waals surface area contributed by atoms with Crippen LogP contribution in [0.2, 0.25) is 0 Å². The van der Waals surface area contributed by atoms with E-state index in [4.69, 9.17) is 5.26 Å². The molecule has 10 heavy (non-hydrogen) atoms. The lowest BCUT2D eigenvalue weighted by molar-refractivity contribution is 0.540. The van der Waals surface area contributed by atoms with E-state index >= 15 is 0 Å². The van der Waals surface area contributed by atoms with Crippen LogP contribution in [-0.4, -0.2) is 9.17 Å². The van der Waals surface area contributed by atoms with Crippen molar-refractivity contribution in [3.63, 3.8) is 0 Å². The van der Waals surface area contributed by atoms with Crippen LogP contribution in [0, 0.1) is 10.7 Å². The zero-order valence-electron chi connectivity index (χ0n) is 5.72. The van der Waals surface area contributed by atoms with E-state index in [1.165, 1.54) is 37.4 Å². The van der Waals surface area contributed by atoms with Crippen LogP contribution < -0.4 is 0 Å². The number of halogens is 1. The quantitative estimate of drug-likeness (QED) is 0.414. The molecule has 0 saturated heterocycles. The van der Waals surface area contributed by atoms with Crippen molar-refractivity contribution in [1.29, 1.82) is 5.26 Å². The maximum Gasteiger partial charge on any atom is 0.133 e. The average molecular weight is 267 g/mol. The van der Waals surface area contributed by atoms with E-state index in [2.05, 4.69) is 28.0 Å². The number of nitrogens with zero attached hydrogens (tertiary/aromatic N) is 1. The van der Waals surface area contributed by atoms with Crippen molar-refractivity contribution in [2.24, 2.45) is 0 Å². The molecule has 0 radical (unpaired) electrons. The van der Waals surface area contributed by atoms with Crippen LogP contribution in [0.1, 0.15) is 25.7 Å². The number of hydrogen-bond acceptors (Lipinski definition) is 2. The van der Waals surface area contributed by atoms with Crippen LogP contribution in [0.25, 0.3) is 0 Å². The summed E-state index contributed by atoms with van der Waals surface area (Å²) in [6.07, 6.45) is 5.22. The van der Waals surface area contributed by atoms with Gasteiger partial charge in [-0.2, -0.15) is 5.26 Å². The molecule has 1 fully saturated rings. The highest BCUT2D eigenvalue weighted by atomic mass is 127. The monoisotopic (exact) mass is 267 g/mol. The fourth-order valence-corrected chi connectivity index (χ4v) is 3.20. The Morgan fingerprint density at radius 2 is 2.10 bits per heavy atom. The smallest absolute Gasteiger partial charge is 0.133 e. The molecule has 0 spiro atoms. The predicted molar refractivity (Wildman–Crippen MR) is 53.3 cm³/mol. The summed E-state index contributed by atoms with van der Waals surface area (Å²) in [4.78, 5) is 0. The Hall–Kier alpha value is 0.570.